The van der Waals surface area contributed by atoms with Gasteiger partial charge in [0, 0.05) is 12.6 Å². The zero-order valence-corrected chi connectivity index (χ0v) is 11.1. The molecule has 0 spiro atoms. The zero-order valence-electron chi connectivity index (χ0n) is 11.1. The fraction of sp³-hybridized carbons (Fsp3) is 0.467. The van der Waals surface area contributed by atoms with E-state index in [4.69, 9.17) is 4.84 Å². The fourth-order valence-electron chi connectivity index (χ4n) is 1.62. The number of nitrogens with zero attached hydrogens (tertiary/aromatic N) is 1. The van der Waals surface area contributed by atoms with Crippen molar-refractivity contribution in [2.75, 3.05) is 13.2 Å². The SMILES string of the molecule is CCON(CCC=Cc1ccccc1)C(C)C. The molecule has 0 atom stereocenters. The van der Waals surface area contributed by atoms with Crippen LogP contribution in [0.3, 0.4) is 0 Å². The third-order valence-electron chi connectivity index (χ3n) is 2.50. The van der Waals surface area contributed by atoms with E-state index >= 15 is 0 Å². The van der Waals surface area contributed by atoms with Crippen LogP contribution in [-0.2, 0) is 4.84 Å². The van der Waals surface area contributed by atoms with E-state index < -0.39 is 0 Å². The molecule has 0 N–H and O–H groups in total. The van der Waals surface area contributed by atoms with E-state index in [0.717, 1.165) is 19.6 Å². The van der Waals surface area contributed by atoms with Gasteiger partial charge in [0.05, 0.1) is 6.61 Å². The monoisotopic (exact) mass is 233 g/mol. The molecule has 1 aromatic rings. The molecule has 0 unspecified atom stereocenters. The van der Waals surface area contributed by atoms with Crippen LogP contribution >= 0.6 is 0 Å². The van der Waals surface area contributed by atoms with Crippen LogP contribution in [0.25, 0.3) is 6.08 Å². The normalized spacial score (nSPS) is 11.8. The predicted molar refractivity (Wildman–Crippen MR) is 73.6 cm³/mol. The maximum Gasteiger partial charge on any atom is 0.0657 e. The molecule has 0 heterocycles. The van der Waals surface area contributed by atoms with Crippen molar-refractivity contribution in [3.63, 3.8) is 0 Å². The van der Waals surface area contributed by atoms with Crippen LogP contribution in [0, 0.1) is 0 Å². The van der Waals surface area contributed by atoms with Crippen molar-refractivity contribution in [1.29, 1.82) is 0 Å². The van der Waals surface area contributed by atoms with Crippen molar-refractivity contribution in [1.82, 2.24) is 5.06 Å². The van der Waals surface area contributed by atoms with Crippen LogP contribution in [0.2, 0.25) is 0 Å². The minimum Gasteiger partial charge on any atom is -0.299 e. The minimum absolute atomic E-state index is 0.431. The van der Waals surface area contributed by atoms with Gasteiger partial charge in [-0.25, -0.2) is 0 Å². The Morgan fingerprint density at radius 1 is 1.24 bits per heavy atom. The van der Waals surface area contributed by atoms with Crippen molar-refractivity contribution in [2.45, 2.75) is 33.2 Å². The van der Waals surface area contributed by atoms with Gasteiger partial charge in [0.1, 0.15) is 0 Å². The molecule has 94 valence electrons. The van der Waals surface area contributed by atoms with Crippen molar-refractivity contribution < 1.29 is 4.84 Å². The summed E-state index contributed by atoms with van der Waals surface area (Å²) in [6, 6.07) is 10.8. The highest BCUT2D eigenvalue weighted by atomic mass is 16.7. The van der Waals surface area contributed by atoms with E-state index in [1.165, 1.54) is 5.56 Å². The molecule has 0 aliphatic carbocycles. The lowest BCUT2D eigenvalue weighted by Crippen LogP contribution is -2.31. The number of benzene rings is 1. The predicted octanol–water partition coefficient (Wildman–Crippen LogP) is 3.75. The Morgan fingerprint density at radius 3 is 2.53 bits per heavy atom. The Morgan fingerprint density at radius 2 is 1.94 bits per heavy atom. The Balaban J connectivity index is 2.33. The van der Waals surface area contributed by atoms with E-state index in [1.807, 2.05) is 18.1 Å². The Labute approximate surface area is 105 Å². The second kappa shape index (κ2) is 8.04. The van der Waals surface area contributed by atoms with Gasteiger partial charge in [-0.1, -0.05) is 42.5 Å². The van der Waals surface area contributed by atoms with Crippen LogP contribution in [0.15, 0.2) is 36.4 Å². The smallest absolute Gasteiger partial charge is 0.0657 e. The Kier molecular flexibility index (Phi) is 6.60. The number of hydrogen-bond donors (Lipinski definition) is 0. The first-order chi connectivity index (χ1) is 8.24. The summed E-state index contributed by atoms with van der Waals surface area (Å²) < 4.78 is 0. The first kappa shape index (κ1) is 13.9. The standard InChI is InChI=1S/C15H23NO/c1-4-17-16(14(2)3)13-9-8-12-15-10-6-5-7-11-15/h5-8,10-12,14H,4,9,13H2,1-3H3. The second-order valence-electron chi connectivity index (χ2n) is 4.25. The molecule has 0 aliphatic rings. The highest BCUT2D eigenvalue weighted by Crippen LogP contribution is 2.04. The summed E-state index contributed by atoms with van der Waals surface area (Å²) in [6.45, 7) is 8.00. The highest BCUT2D eigenvalue weighted by molar-refractivity contribution is 5.48. The molecule has 0 radical (unpaired) electrons. The van der Waals surface area contributed by atoms with Crippen molar-refractivity contribution in [3.05, 3.63) is 42.0 Å². The van der Waals surface area contributed by atoms with Crippen LogP contribution in [-0.4, -0.2) is 24.3 Å². The van der Waals surface area contributed by atoms with E-state index in [9.17, 15) is 0 Å². The molecule has 2 nitrogen and oxygen atoms in total. The largest absolute Gasteiger partial charge is 0.299 e. The second-order valence-corrected chi connectivity index (χ2v) is 4.25. The van der Waals surface area contributed by atoms with Crippen molar-refractivity contribution >= 4 is 6.08 Å². The molecule has 17 heavy (non-hydrogen) atoms. The first-order valence-corrected chi connectivity index (χ1v) is 6.35. The summed E-state index contributed by atoms with van der Waals surface area (Å²) in [5.74, 6) is 0. The Hall–Kier alpha value is -1.12. The van der Waals surface area contributed by atoms with Crippen LogP contribution < -0.4 is 0 Å². The third kappa shape index (κ3) is 5.66. The first-order valence-electron chi connectivity index (χ1n) is 6.35. The van der Waals surface area contributed by atoms with Crippen LogP contribution in [0.4, 0.5) is 0 Å². The summed E-state index contributed by atoms with van der Waals surface area (Å²) in [5.41, 5.74) is 1.25. The van der Waals surface area contributed by atoms with Gasteiger partial charge in [-0.15, -0.1) is 0 Å². The molecule has 0 aliphatic heterocycles. The minimum atomic E-state index is 0.431. The highest BCUT2D eigenvalue weighted by Gasteiger charge is 2.07. The molecule has 2 heteroatoms. The summed E-state index contributed by atoms with van der Waals surface area (Å²) in [6.07, 6.45) is 5.36. The molecule has 0 saturated carbocycles. The van der Waals surface area contributed by atoms with Crippen LogP contribution in [0.5, 0.6) is 0 Å². The van der Waals surface area contributed by atoms with Crippen molar-refractivity contribution in [3.8, 4) is 0 Å². The van der Waals surface area contributed by atoms with E-state index in [-0.39, 0.29) is 0 Å². The maximum atomic E-state index is 5.56. The molecule has 0 saturated heterocycles. The van der Waals surface area contributed by atoms with Gasteiger partial charge in [0.15, 0.2) is 0 Å². The average Bonchev–Trinajstić information content (AvgIpc) is 2.34. The topological polar surface area (TPSA) is 12.5 Å². The fourth-order valence-corrected chi connectivity index (χ4v) is 1.62. The quantitative estimate of drug-likeness (QED) is 0.665. The van der Waals surface area contributed by atoms with Crippen molar-refractivity contribution in [2.24, 2.45) is 0 Å². The molecular weight excluding hydrogens is 210 g/mol. The van der Waals surface area contributed by atoms with Gasteiger partial charge >= 0.3 is 0 Å². The van der Waals surface area contributed by atoms with E-state index in [2.05, 4.69) is 50.3 Å². The van der Waals surface area contributed by atoms with Crippen LogP contribution in [0.1, 0.15) is 32.8 Å². The summed E-state index contributed by atoms with van der Waals surface area (Å²) in [4.78, 5) is 5.56. The molecule has 0 bridgehead atoms. The average molecular weight is 233 g/mol. The molecular formula is C15H23NO. The lowest BCUT2D eigenvalue weighted by Gasteiger charge is -2.24. The number of hydroxylamine groups is 2. The zero-order chi connectivity index (χ0) is 12.5. The van der Waals surface area contributed by atoms with Gasteiger partial charge in [-0.2, -0.15) is 5.06 Å². The summed E-state index contributed by atoms with van der Waals surface area (Å²) in [7, 11) is 0. The van der Waals surface area contributed by atoms with E-state index in [1.54, 1.807) is 0 Å². The molecule has 1 rings (SSSR count). The van der Waals surface area contributed by atoms with Gasteiger partial charge in [0.2, 0.25) is 0 Å². The van der Waals surface area contributed by atoms with Gasteiger partial charge in [-0.3, -0.25) is 4.84 Å². The molecule has 1 aromatic carbocycles. The third-order valence-corrected chi connectivity index (χ3v) is 2.50. The maximum absolute atomic E-state index is 5.56. The van der Waals surface area contributed by atoms with Gasteiger partial charge < -0.3 is 0 Å². The summed E-state index contributed by atoms with van der Waals surface area (Å²) in [5, 5.41) is 2.04. The van der Waals surface area contributed by atoms with Gasteiger partial charge in [-0.05, 0) is 32.8 Å². The Bertz CT molecular complexity index is 319. The van der Waals surface area contributed by atoms with E-state index in [0.29, 0.717) is 6.04 Å². The number of hydrogen-bond acceptors (Lipinski definition) is 2. The number of rotatable bonds is 7. The van der Waals surface area contributed by atoms with Gasteiger partial charge in [0.25, 0.3) is 0 Å². The molecule has 0 fully saturated rings. The molecule has 0 aromatic heterocycles. The summed E-state index contributed by atoms with van der Waals surface area (Å²) >= 11 is 0. The lowest BCUT2D eigenvalue weighted by molar-refractivity contribution is -0.174. The molecule has 0 amide bonds. The lowest BCUT2D eigenvalue weighted by atomic mass is 10.2.